The smallest absolute Gasteiger partial charge is 0.0462 e. The van der Waals surface area contributed by atoms with Gasteiger partial charge in [0, 0.05) is 28.6 Å². The molecule has 4 heteroatoms. The van der Waals surface area contributed by atoms with Gasteiger partial charge in [0.1, 0.15) is 0 Å². The number of nitrogens with zero attached hydrogens (tertiary/aromatic N) is 1. The fraction of sp³-hybridized carbons (Fsp3) is 0.625. The Morgan fingerprint density at radius 1 is 1.30 bits per heavy atom. The monoisotopic (exact) mass is 356 g/mol. The highest BCUT2D eigenvalue weighted by Crippen LogP contribution is 2.25. The highest BCUT2D eigenvalue weighted by Gasteiger charge is 2.24. The summed E-state index contributed by atoms with van der Waals surface area (Å²) in [6, 6.07) is 7.04. The van der Waals surface area contributed by atoms with Gasteiger partial charge >= 0.3 is 0 Å². The normalized spacial score (nSPS) is 24.0. The molecule has 0 aromatic heterocycles. The van der Waals surface area contributed by atoms with Gasteiger partial charge in [-0.25, -0.2) is 0 Å². The highest BCUT2D eigenvalue weighted by atomic mass is 79.9. The maximum Gasteiger partial charge on any atom is 0.0462 e. The van der Waals surface area contributed by atoms with E-state index in [4.69, 9.17) is 11.6 Å². The van der Waals surface area contributed by atoms with E-state index in [-0.39, 0.29) is 0 Å². The van der Waals surface area contributed by atoms with E-state index in [2.05, 4.69) is 38.3 Å². The van der Waals surface area contributed by atoms with Crippen molar-refractivity contribution in [2.24, 2.45) is 5.92 Å². The molecule has 1 aliphatic heterocycles. The van der Waals surface area contributed by atoms with Crippen molar-refractivity contribution in [3.63, 3.8) is 0 Å². The minimum Gasteiger partial charge on any atom is -0.314 e. The van der Waals surface area contributed by atoms with Crippen LogP contribution in [0.1, 0.15) is 31.2 Å². The molecule has 110 valence electrons. The summed E-state index contributed by atoms with van der Waals surface area (Å²) in [5.74, 6) is 0.804. The SMILES string of the molecule is Clc1cc(Br)ccc1CN1CCCC(CNC2CC2)C1. The molecule has 2 nitrogen and oxygen atoms in total. The van der Waals surface area contributed by atoms with Gasteiger partial charge in [-0.15, -0.1) is 0 Å². The summed E-state index contributed by atoms with van der Waals surface area (Å²) >= 11 is 9.79. The molecule has 1 aliphatic carbocycles. The van der Waals surface area contributed by atoms with Gasteiger partial charge in [-0.2, -0.15) is 0 Å². The fourth-order valence-corrected chi connectivity index (χ4v) is 3.71. The largest absolute Gasteiger partial charge is 0.314 e. The molecule has 0 bridgehead atoms. The number of halogens is 2. The van der Waals surface area contributed by atoms with Crippen molar-refractivity contribution in [2.45, 2.75) is 38.3 Å². The second-order valence-corrected chi connectivity index (χ2v) is 7.48. The summed E-state index contributed by atoms with van der Waals surface area (Å²) in [6.07, 6.45) is 5.44. The zero-order valence-electron chi connectivity index (χ0n) is 11.7. The Morgan fingerprint density at radius 3 is 2.90 bits per heavy atom. The zero-order valence-corrected chi connectivity index (χ0v) is 14.1. The molecule has 0 radical (unpaired) electrons. The lowest BCUT2D eigenvalue weighted by molar-refractivity contribution is 0.165. The summed E-state index contributed by atoms with van der Waals surface area (Å²) < 4.78 is 1.05. The summed E-state index contributed by atoms with van der Waals surface area (Å²) in [6.45, 7) is 4.57. The van der Waals surface area contributed by atoms with Crippen LogP contribution in [0.4, 0.5) is 0 Å². The van der Waals surface area contributed by atoms with Crippen LogP contribution in [-0.2, 0) is 6.54 Å². The van der Waals surface area contributed by atoms with Crippen LogP contribution in [0.25, 0.3) is 0 Å². The highest BCUT2D eigenvalue weighted by molar-refractivity contribution is 9.10. The molecule has 1 unspecified atom stereocenters. The lowest BCUT2D eigenvalue weighted by atomic mass is 9.97. The summed E-state index contributed by atoms with van der Waals surface area (Å²) in [5.41, 5.74) is 1.24. The predicted molar refractivity (Wildman–Crippen MR) is 88.2 cm³/mol. The minimum atomic E-state index is 0.804. The van der Waals surface area contributed by atoms with Crippen LogP contribution >= 0.6 is 27.5 Å². The van der Waals surface area contributed by atoms with Crippen molar-refractivity contribution in [1.29, 1.82) is 0 Å². The van der Waals surface area contributed by atoms with E-state index >= 15 is 0 Å². The second kappa shape index (κ2) is 6.78. The van der Waals surface area contributed by atoms with Gasteiger partial charge in [-0.3, -0.25) is 4.90 Å². The van der Waals surface area contributed by atoms with Gasteiger partial charge in [-0.1, -0.05) is 33.6 Å². The molecular formula is C16H22BrClN2. The lowest BCUT2D eigenvalue weighted by Gasteiger charge is -2.33. The third-order valence-electron chi connectivity index (χ3n) is 4.28. The topological polar surface area (TPSA) is 15.3 Å². The van der Waals surface area contributed by atoms with Crippen LogP contribution < -0.4 is 5.32 Å². The molecule has 20 heavy (non-hydrogen) atoms. The molecule has 1 saturated heterocycles. The van der Waals surface area contributed by atoms with Crippen molar-refractivity contribution >= 4 is 27.5 Å². The third kappa shape index (κ3) is 4.20. The third-order valence-corrected chi connectivity index (χ3v) is 5.13. The Hall–Kier alpha value is -0.0900. The number of hydrogen-bond donors (Lipinski definition) is 1. The molecule has 1 aromatic carbocycles. The first-order valence-corrected chi connectivity index (χ1v) is 8.77. The van der Waals surface area contributed by atoms with Crippen LogP contribution in [-0.4, -0.2) is 30.6 Å². The van der Waals surface area contributed by atoms with Gasteiger partial charge in [0.05, 0.1) is 0 Å². The van der Waals surface area contributed by atoms with Crippen molar-refractivity contribution in [3.8, 4) is 0 Å². The maximum atomic E-state index is 6.33. The van der Waals surface area contributed by atoms with E-state index in [0.717, 1.165) is 28.0 Å². The van der Waals surface area contributed by atoms with Crippen molar-refractivity contribution in [2.75, 3.05) is 19.6 Å². The molecule has 2 fully saturated rings. The minimum absolute atomic E-state index is 0.804. The molecule has 0 amide bonds. The van der Waals surface area contributed by atoms with Gasteiger partial charge < -0.3 is 5.32 Å². The Balaban J connectivity index is 1.53. The molecule has 2 aliphatic rings. The maximum absolute atomic E-state index is 6.33. The van der Waals surface area contributed by atoms with E-state index in [1.54, 1.807) is 0 Å². The molecule has 0 spiro atoms. The summed E-state index contributed by atoms with van der Waals surface area (Å²) in [4.78, 5) is 2.55. The van der Waals surface area contributed by atoms with Crippen LogP contribution in [0.5, 0.6) is 0 Å². The Kier molecular flexibility index (Phi) is 5.03. The number of benzene rings is 1. The Morgan fingerprint density at radius 2 is 2.15 bits per heavy atom. The van der Waals surface area contributed by atoms with Gasteiger partial charge in [-0.05, 0) is 62.4 Å². The van der Waals surface area contributed by atoms with Crippen molar-refractivity contribution in [1.82, 2.24) is 10.2 Å². The number of hydrogen-bond acceptors (Lipinski definition) is 2. The van der Waals surface area contributed by atoms with Crippen LogP contribution in [0.15, 0.2) is 22.7 Å². The molecular weight excluding hydrogens is 336 g/mol. The first-order valence-electron chi connectivity index (χ1n) is 7.60. The van der Waals surface area contributed by atoms with E-state index < -0.39 is 0 Å². The molecule has 1 aromatic rings. The molecule has 1 saturated carbocycles. The molecule has 1 N–H and O–H groups in total. The van der Waals surface area contributed by atoms with E-state index in [1.165, 1.54) is 50.9 Å². The standard InChI is InChI=1S/C16H22BrClN2/c17-14-4-3-13(16(18)8-14)11-20-7-1-2-12(10-20)9-19-15-5-6-15/h3-4,8,12,15,19H,1-2,5-7,9-11H2. The fourth-order valence-electron chi connectivity index (χ4n) is 2.97. The van der Waals surface area contributed by atoms with Gasteiger partial charge in [0.15, 0.2) is 0 Å². The van der Waals surface area contributed by atoms with E-state index in [0.29, 0.717) is 0 Å². The molecule has 1 heterocycles. The quantitative estimate of drug-likeness (QED) is 0.854. The predicted octanol–water partition coefficient (Wildman–Crippen LogP) is 4.07. The van der Waals surface area contributed by atoms with Crippen molar-refractivity contribution in [3.05, 3.63) is 33.3 Å². The van der Waals surface area contributed by atoms with Gasteiger partial charge in [0.2, 0.25) is 0 Å². The average molecular weight is 358 g/mol. The Bertz CT molecular complexity index is 462. The number of likely N-dealkylation sites (tertiary alicyclic amines) is 1. The first kappa shape index (κ1) is 14.8. The molecule has 1 atom stereocenters. The number of rotatable bonds is 5. The second-order valence-electron chi connectivity index (χ2n) is 6.16. The molecule has 3 rings (SSSR count). The van der Waals surface area contributed by atoms with Crippen LogP contribution in [0, 0.1) is 5.92 Å². The van der Waals surface area contributed by atoms with E-state index in [9.17, 15) is 0 Å². The van der Waals surface area contributed by atoms with E-state index in [1.807, 2.05) is 6.07 Å². The summed E-state index contributed by atoms with van der Waals surface area (Å²) in [5, 5.41) is 4.54. The van der Waals surface area contributed by atoms with Crippen molar-refractivity contribution < 1.29 is 0 Å². The summed E-state index contributed by atoms with van der Waals surface area (Å²) in [7, 11) is 0. The number of piperidine rings is 1. The lowest BCUT2D eigenvalue weighted by Crippen LogP contribution is -2.39. The first-order chi connectivity index (χ1) is 9.70. The average Bonchev–Trinajstić information content (AvgIpc) is 3.24. The van der Waals surface area contributed by atoms with Crippen LogP contribution in [0.3, 0.4) is 0 Å². The Labute approximate surface area is 135 Å². The zero-order chi connectivity index (χ0) is 13.9. The van der Waals surface area contributed by atoms with Gasteiger partial charge in [0.25, 0.3) is 0 Å². The number of nitrogens with one attached hydrogen (secondary N) is 1. The van der Waals surface area contributed by atoms with Crippen LogP contribution in [0.2, 0.25) is 5.02 Å².